The van der Waals surface area contributed by atoms with E-state index in [4.69, 9.17) is 9.47 Å². The SMILES string of the molecule is COC(Cn1ccc(=O)c2c1C(=O)C2)OC. The molecule has 5 nitrogen and oxygen atoms in total. The minimum atomic E-state index is -0.417. The van der Waals surface area contributed by atoms with Gasteiger partial charge in [0.15, 0.2) is 17.5 Å². The molecule has 1 aliphatic rings. The molecule has 1 aromatic heterocycles. The number of fused-ring (bicyclic) bond motifs is 1. The number of ether oxygens (including phenoxy) is 2. The fourth-order valence-electron chi connectivity index (χ4n) is 1.82. The first-order valence-electron chi connectivity index (χ1n) is 4.98. The van der Waals surface area contributed by atoms with Gasteiger partial charge in [0, 0.05) is 38.5 Å². The number of methoxy groups -OCH3 is 2. The largest absolute Gasteiger partial charge is 0.354 e. The Morgan fingerprint density at radius 3 is 2.62 bits per heavy atom. The Kier molecular flexibility index (Phi) is 2.89. The minimum absolute atomic E-state index is 0.00124. The van der Waals surface area contributed by atoms with Crippen LogP contribution in [0.15, 0.2) is 17.1 Å². The van der Waals surface area contributed by atoms with Crippen LogP contribution in [0.25, 0.3) is 0 Å². The van der Waals surface area contributed by atoms with Gasteiger partial charge in [0.25, 0.3) is 0 Å². The second kappa shape index (κ2) is 4.19. The van der Waals surface area contributed by atoms with E-state index in [1.54, 1.807) is 10.8 Å². The lowest BCUT2D eigenvalue weighted by atomic mass is 9.91. The van der Waals surface area contributed by atoms with Crippen LogP contribution < -0.4 is 5.43 Å². The van der Waals surface area contributed by atoms with Crippen molar-refractivity contribution in [2.75, 3.05) is 14.2 Å². The number of aromatic nitrogens is 1. The van der Waals surface area contributed by atoms with E-state index in [-0.39, 0.29) is 17.6 Å². The predicted octanol–water partition coefficient (Wildman–Crippen LogP) is 0.206. The third-order valence-electron chi connectivity index (χ3n) is 2.75. The molecule has 2 rings (SSSR count). The minimum Gasteiger partial charge on any atom is -0.354 e. The number of carbonyl (C=O) groups is 1. The molecule has 0 aliphatic heterocycles. The summed E-state index contributed by atoms with van der Waals surface area (Å²) >= 11 is 0. The first-order chi connectivity index (χ1) is 7.67. The number of pyridine rings is 1. The Balaban J connectivity index is 2.33. The molecule has 0 aromatic carbocycles. The molecule has 5 heteroatoms. The highest BCUT2D eigenvalue weighted by atomic mass is 16.7. The van der Waals surface area contributed by atoms with Gasteiger partial charge in [0.05, 0.1) is 12.2 Å². The summed E-state index contributed by atoms with van der Waals surface area (Å²) in [4.78, 5) is 22.8. The lowest BCUT2D eigenvalue weighted by Gasteiger charge is -2.24. The number of rotatable bonds is 4. The normalized spacial score (nSPS) is 13.8. The second-order valence-corrected chi connectivity index (χ2v) is 3.66. The molecule has 1 aromatic rings. The summed E-state index contributed by atoms with van der Waals surface area (Å²) in [6, 6.07) is 1.47. The number of ketones is 1. The standard InChI is InChI=1S/C11H13NO4/c1-15-10(16-2)6-12-4-3-8(13)7-5-9(14)11(7)12/h3-4,10H,5-6H2,1-2H3. The molecule has 86 valence electrons. The maximum Gasteiger partial charge on any atom is 0.185 e. The van der Waals surface area contributed by atoms with Crippen molar-refractivity contribution in [2.24, 2.45) is 0 Å². The topological polar surface area (TPSA) is 57.5 Å². The van der Waals surface area contributed by atoms with Crippen LogP contribution in [0, 0.1) is 0 Å². The van der Waals surface area contributed by atoms with Crippen LogP contribution in [0.3, 0.4) is 0 Å². The molecule has 0 spiro atoms. The average Bonchev–Trinajstić information content (AvgIpc) is 2.27. The zero-order valence-corrected chi connectivity index (χ0v) is 9.23. The molecule has 0 atom stereocenters. The van der Waals surface area contributed by atoms with Gasteiger partial charge in [-0.25, -0.2) is 0 Å². The molecule has 0 fully saturated rings. The second-order valence-electron chi connectivity index (χ2n) is 3.66. The van der Waals surface area contributed by atoms with E-state index in [1.807, 2.05) is 0 Å². The molecular formula is C11H13NO4. The van der Waals surface area contributed by atoms with Crippen molar-refractivity contribution < 1.29 is 14.3 Å². The van der Waals surface area contributed by atoms with Gasteiger partial charge in [-0.05, 0) is 0 Å². The van der Waals surface area contributed by atoms with Crippen LogP contribution in [-0.2, 0) is 22.4 Å². The number of hydrogen-bond acceptors (Lipinski definition) is 4. The highest BCUT2D eigenvalue weighted by Crippen LogP contribution is 2.19. The van der Waals surface area contributed by atoms with Crippen LogP contribution in [0.1, 0.15) is 16.1 Å². The van der Waals surface area contributed by atoms with Crippen molar-refractivity contribution in [1.82, 2.24) is 4.57 Å². The van der Waals surface area contributed by atoms with E-state index in [9.17, 15) is 9.59 Å². The van der Waals surface area contributed by atoms with E-state index < -0.39 is 6.29 Å². The van der Waals surface area contributed by atoms with Crippen LogP contribution in [-0.4, -0.2) is 30.9 Å². The molecule has 0 N–H and O–H groups in total. The quantitative estimate of drug-likeness (QED) is 0.684. The number of Topliss-reactive ketones (excluding diaryl/α,β-unsaturated/α-hetero) is 1. The third kappa shape index (κ3) is 1.68. The molecule has 0 unspecified atom stereocenters. The lowest BCUT2D eigenvalue weighted by Crippen LogP contribution is -2.35. The van der Waals surface area contributed by atoms with E-state index >= 15 is 0 Å². The van der Waals surface area contributed by atoms with E-state index in [2.05, 4.69) is 0 Å². The number of hydrogen-bond donors (Lipinski definition) is 0. The van der Waals surface area contributed by atoms with Crippen molar-refractivity contribution in [2.45, 2.75) is 19.3 Å². The van der Waals surface area contributed by atoms with Crippen molar-refractivity contribution in [3.05, 3.63) is 33.7 Å². The average molecular weight is 223 g/mol. The third-order valence-corrected chi connectivity index (χ3v) is 2.75. The summed E-state index contributed by atoms with van der Waals surface area (Å²) in [7, 11) is 3.07. The summed E-state index contributed by atoms with van der Waals surface area (Å²) in [5, 5.41) is 0. The van der Waals surface area contributed by atoms with Gasteiger partial charge in [0.2, 0.25) is 0 Å². The van der Waals surface area contributed by atoms with Gasteiger partial charge < -0.3 is 14.0 Å². The van der Waals surface area contributed by atoms with Crippen molar-refractivity contribution in [3.8, 4) is 0 Å². The van der Waals surface area contributed by atoms with Gasteiger partial charge in [-0.1, -0.05) is 0 Å². The Morgan fingerprint density at radius 2 is 2.06 bits per heavy atom. The molecule has 0 amide bonds. The number of carbonyl (C=O) groups excluding carboxylic acids is 1. The van der Waals surface area contributed by atoms with Crippen molar-refractivity contribution >= 4 is 5.78 Å². The van der Waals surface area contributed by atoms with Gasteiger partial charge in [0.1, 0.15) is 0 Å². The Hall–Kier alpha value is -1.46. The Bertz CT molecular complexity index is 473. The summed E-state index contributed by atoms with van der Waals surface area (Å²) in [6.45, 7) is 0.404. The van der Waals surface area contributed by atoms with E-state index in [0.717, 1.165) is 0 Å². The molecule has 0 radical (unpaired) electrons. The molecular weight excluding hydrogens is 210 g/mol. The lowest BCUT2D eigenvalue weighted by molar-refractivity contribution is -0.111. The first-order valence-corrected chi connectivity index (χ1v) is 4.98. The zero-order valence-electron chi connectivity index (χ0n) is 9.23. The fourth-order valence-corrected chi connectivity index (χ4v) is 1.82. The van der Waals surface area contributed by atoms with Gasteiger partial charge >= 0.3 is 0 Å². The summed E-state index contributed by atoms with van der Waals surface area (Å²) < 4.78 is 11.8. The monoisotopic (exact) mass is 223 g/mol. The predicted molar refractivity (Wildman–Crippen MR) is 56.5 cm³/mol. The molecule has 0 bridgehead atoms. The van der Waals surface area contributed by atoms with Crippen LogP contribution >= 0.6 is 0 Å². The van der Waals surface area contributed by atoms with Gasteiger partial charge in [-0.3, -0.25) is 9.59 Å². The van der Waals surface area contributed by atoms with Gasteiger partial charge in [-0.15, -0.1) is 0 Å². The van der Waals surface area contributed by atoms with Crippen LogP contribution in [0.4, 0.5) is 0 Å². The maximum absolute atomic E-state index is 11.4. The van der Waals surface area contributed by atoms with Crippen molar-refractivity contribution in [3.63, 3.8) is 0 Å². The Morgan fingerprint density at radius 1 is 1.38 bits per heavy atom. The molecule has 0 saturated carbocycles. The maximum atomic E-state index is 11.4. The summed E-state index contributed by atoms with van der Waals surface area (Å²) in [5.41, 5.74) is 1.02. The summed E-state index contributed by atoms with van der Waals surface area (Å²) in [5.74, 6) is -0.00124. The van der Waals surface area contributed by atoms with Gasteiger partial charge in [-0.2, -0.15) is 0 Å². The first kappa shape index (κ1) is 11.0. The zero-order chi connectivity index (χ0) is 11.7. The molecule has 1 heterocycles. The van der Waals surface area contributed by atoms with Crippen LogP contribution in [0.5, 0.6) is 0 Å². The van der Waals surface area contributed by atoms with E-state index in [1.165, 1.54) is 20.3 Å². The highest BCUT2D eigenvalue weighted by molar-refractivity contribution is 6.04. The molecule has 1 aliphatic carbocycles. The highest BCUT2D eigenvalue weighted by Gasteiger charge is 2.29. The fraction of sp³-hybridized carbons (Fsp3) is 0.455. The van der Waals surface area contributed by atoms with Crippen LogP contribution in [0.2, 0.25) is 0 Å². The van der Waals surface area contributed by atoms with E-state index in [0.29, 0.717) is 17.8 Å². The smallest absolute Gasteiger partial charge is 0.185 e. The molecule has 0 saturated heterocycles. The number of nitrogens with zero attached hydrogens (tertiary/aromatic N) is 1. The van der Waals surface area contributed by atoms with Crippen molar-refractivity contribution in [1.29, 1.82) is 0 Å². The summed E-state index contributed by atoms with van der Waals surface area (Å²) in [6.07, 6.45) is 1.43. The molecule has 16 heavy (non-hydrogen) atoms. The Labute approximate surface area is 92.6 Å².